The van der Waals surface area contributed by atoms with Gasteiger partial charge in [-0.3, -0.25) is 0 Å². The van der Waals surface area contributed by atoms with Gasteiger partial charge in [0.05, 0.1) is 6.20 Å². The van der Waals surface area contributed by atoms with E-state index < -0.39 is 0 Å². The lowest BCUT2D eigenvalue weighted by Gasteiger charge is -2.07. The number of hydrogen-bond donors (Lipinski definition) is 1. The van der Waals surface area contributed by atoms with E-state index in [1.54, 1.807) is 6.20 Å². The molecular formula is C20H17N3O3. The molecule has 3 aromatic rings. The zero-order valence-corrected chi connectivity index (χ0v) is 14.0. The van der Waals surface area contributed by atoms with Gasteiger partial charge in [-0.05, 0) is 29.3 Å². The monoisotopic (exact) mass is 347 g/mol. The van der Waals surface area contributed by atoms with Crippen molar-refractivity contribution in [2.45, 2.75) is 6.61 Å². The van der Waals surface area contributed by atoms with Crippen molar-refractivity contribution in [2.24, 2.45) is 0 Å². The molecule has 4 rings (SSSR count). The van der Waals surface area contributed by atoms with Crippen molar-refractivity contribution in [3.8, 4) is 17.4 Å². The van der Waals surface area contributed by atoms with Crippen LogP contribution in [0.15, 0.2) is 54.7 Å². The molecule has 0 aliphatic carbocycles. The summed E-state index contributed by atoms with van der Waals surface area (Å²) in [6.45, 7) is 0.587. The van der Waals surface area contributed by atoms with E-state index in [0.717, 1.165) is 22.6 Å². The summed E-state index contributed by atoms with van der Waals surface area (Å²) in [5.74, 6) is 2.16. The molecule has 0 atom stereocenters. The fraction of sp³-hybridized carbons (Fsp3) is 0.100. The third-order valence-electron chi connectivity index (χ3n) is 3.86. The average Bonchev–Trinajstić information content (AvgIpc) is 3.14. The molecule has 26 heavy (non-hydrogen) atoms. The summed E-state index contributed by atoms with van der Waals surface area (Å²) in [5, 5.41) is 0. The van der Waals surface area contributed by atoms with Crippen molar-refractivity contribution in [1.29, 1.82) is 0 Å². The first kappa shape index (κ1) is 16.0. The minimum absolute atomic E-state index is 0.250. The van der Waals surface area contributed by atoms with Crippen LogP contribution in [-0.2, 0) is 6.61 Å². The van der Waals surface area contributed by atoms with E-state index in [4.69, 9.17) is 19.9 Å². The van der Waals surface area contributed by atoms with Gasteiger partial charge in [-0.25, -0.2) is 4.98 Å². The first-order valence-corrected chi connectivity index (χ1v) is 8.15. The molecule has 0 saturated heterocycles. The third-order valence-corrected chi connectivity index (χ3v) is 3.86. The van der Waals surface area contributed by atoms with Crippen molar-refractivity contribution < 1.29 is 14.2 Å². The van der Waals surface area contributed by atoms with Gasteiger partial charge >= 0.3 is 0 Å². The second-order valence-corrected chi connectivity index (χ2v) is 5.70. The molecule has 0 fully saturated rings. The highest BCUT2D eigenvalue weighted by atomic mass is 16.7. The van der Waals surface area contributed by atoms with E-state index in [1.165, 1.54) is 0 Å². The number of fused-ring (bicyclic) bond motifs is 1. The van der Waals surface area contributed by atoms with Crippen molar-refractivity contribution >= 4 is 18.0 Å². The molecule has 0 spiro atoms. The van der Waals surface area contributed by atoms with Crippen LogP contribution < -0.4 is 19.9 Å². The molecule has 130 valence electrons. The molecule has 2 aromatic carbocycles. The molecule has 6 heteroatoms. The van der Waals surface area contributed by atoms with Crippen LogP contribution in [-0.4, -0.2) is 16.8 Å². The Morgan fingerprint density at radius 1 is 1.04 bits per heavy atom. The second-order valence-electron chi connectivity index (χ2n) is 5.70. The molecule has 1 aliphatic heterocycles. The van der Waals surface area contributed by atoms with Crippen LogP contribution in [0.1, 0.15) is 16.8 Å². The molecule has 2 N–H and O–H groups in total. The van der Waals surface area contributed by atoms with Gasteiger partial charge in [0.15, 0.2) is 17.3 Å². The van der Waals surface area contributed by atoms with E-state index >= 15 is 0 Å². The number of hydrogen-bond acceptors (Lipinski definition) is 6. The molecule has 1 aliphatic rings. The highest BCUT2D eigenvalue weighted by Crippen LogP contribution is 2.32. The lowest BCUT2D eigenvalue weighted by atomic mass is 10.2. The molecule has 0 saturated carbocycles. The largest absolute Gasteiger partial charge is 0.472 e. The number of nitrogen functional groups attached to an aromatic ring is 1. The van der Waals surface area contributed by atoms with Crippen LogP contribution in [0.3, 0.4) is 0 Å². The highest BCUT2D eigenvalue weighted by Gasteiger charge is 2.13. The Bertz CT molecular complexity index is 942. The van der Waals surface area contributed by atoms with Gasteiger partial charge in [-0.2, -0.15) is 4.98 Å². The van der Waals surface area contributed by atoms with E-state index in [2.05, 4.69) is 9.97 Å². The van der Waals surface area contributed by atoms with Crippen LogP contribution in [0.2, 0.25) is 0 Å². The molecule has 0 amide bonds. The molecular weight excluding hydrogens is 330 g/mol. The topological polar surface area (TPSA) is 79.5 Å². The maximum absolute atomic E-state index is 5.99. The minimum Gasteiger partial charge on any atom is -0.472 e. The van der Waals surface area contributed by atoms with E-state index in [1.807, 2.05) is 60.7 Å². The Labute approximate surface area is 150 Å². The zero-order valence-electron chi connectivity index (χ0n) is 14.0. The van der Waals surface area contributed by atoms with Crippen molar-refractivity contribution in [1.82, 2.24) is 9.97 Å². The average molecular weight is 347 g/mol. The van der Waals surface area contributed by atoms with E-state index in [0.29, 0.717) is 24.0 Å². The molecule has 1 aromatic heterocycles. The summed E-state index contributed by atoms with van der Waals surface area (Å²) in [6.07, 6.45) is 5.33. The van der Waals surface area contributed by atoms with Crippen LogP contribution in [0, 0.1) is 0 Å². The normalized spacial score (nSPS) is 12.5. The Morgan fingerprint density at radius 3 is 2.73 bits per heavy atom. The van der Waals surface area contributed by atoms with Gasteiger partial charge in [-0.15, -0.1) is 0 Å². The van der Waals surface area contributed by atoms with Gasteiger partial charge in [-0.1, -0.05) is 42.5 Å². The zero-order chi connectivity index (χ0) is 17.8. The number of rotatable bonds is 5. The summed E-state index contributed by atoms with van der Waals surface area (Å²) in [6, 6.07) is 15.6. The SMILES string of the molecule is Nc1nc(OCc2ccc3c(c2)OCO3)cnc1/C=C/c1ccccc1. The minimum atomic E-state index is 0.250. The summed E-state index contributed by atoms with van der Waals surface area (Å²) >= 11 is 0. The molecule has 6 nitrogen and oxygen atoms in total. The van der Waals surface area contributed by atoms with Crippen molar-refractivity contribution in [2.75, 3.05) is 12.5 Å². The van der Waals surface area contributed by atoms with Gasteiger partial charge in [0.2, 0.25) is 12.7 Å². The fourth-order valence-corrected chi connectivity index (χ4v) is 2.52. The predicted molar refractivity (Wildman–Crippen MR) is 98.7 cm³/mol. The maximum atomic E-state index is 5.99. The number of anilines is 1. The smallest absolute Gasteiger partial charge is 0.234 e. The van der Waals surface area contributed by atoms with Crippen LogP contribution in [0.25, 0.3) is 12.2 Å². The van der Waals surface area contributed by atoms with Gasteiger partial charge in [0, 0.05) is 0 Å². The number of nitrogens with two attached hydrogens (primary N) is 1. The summed E-state index contributed by atoms with van der Waals surface area (Å²) in [4.78, 5) is 8.58. The maximum Gasteiger partial charge on any atom is 0.234 e. The number of ether oxygens (including phenoxy) is 3. The molecule has 2 heterocycles. The third kappa shape index (κ3) is 3.59. The second kappa shape index (κ2) is 7.14. The predicted octanol–water partition coefficient (Wildman–Crippen LogP) is 3.54. The first-order valence-electron chi connectivity index (χ1n) is 8.15. The van der Waals surface area contributed by atoms with E-state index in [9.17, 15) is 0 Å². The standard InChI is InChI=1S/C20H17N3O3/c21-20-16(8-6-14-4-2-1-3-5-14)22-11-19(23-20)24-12-15-7-9-17-18(10-15)26-13-25-17/h1-11H,12-13H2,(H2,21,23)/b8-6+. The number of nitrogens with zero attached hydrogens (tertiary/aromatic N) is 2. The van der Waals surface area contributed by atoms with Crippen molar-refractivity contribution in [3.63, 3.8) is 0 Å². The van der Waals surface area contributed by atoms with Gasteiger partial charge < -0.3 is 19.9 Å². The number of aromatic nitrogens is 2. The Kier molecular flexibility index (Phi) is 4.38. The molecule has 0 radical (unpaired) electrons. The van der Waals surface area contributed by atoms with Crippen molar-refractivity contribution in [3.05, 3.63) is 71.5 Å². The highest BCUT2D eigenvalue weighted by molar-refractivity contribution is 5.72. The molecule has 0 unspecified atom stereocenters. The Balaban J connectivity index is 1.42. The Hall–Kier alpha value is -3.54. The summed E-state index contributed by atoms with van der Waals surface area (Å²) in [5.41, 5.74) is 8.60. The number of benzene rings is 2. The van der Waals surface area contributed by atoms with Gasteiger partial charge in [0.1, 0.15) is 12.3 Å². The lowest BCUT2D eigenvalue weighted by molar-refractivity contribution is 0.174. The quantitative estimate of drug-likeness (QED) is 0.760. The summed E-state index contributed by atoms with van der Waals surface area (Å²) < 4.78 is 16.3. The van der Waals surface area contributed by atoms with E-state index in [-0.39, 0.29) is 6.79 Å². The van der Waals surface area contributed by atoms with Crippen LogP contribution in [0.4, 0.5) is 5.82 Å². The Morgan fingerprint density at radius 2 is 1.88 bits per heavy atom. The van der Waals surface area contributed by atoms with Gasteiger partial charge in [0.25, 0.3) is 0 Å². The van der Waals surface area contributed by atoms with Crippen LogP contribution >= 0.6 is 0 Å². The fourth-order valence-electron chi connectivity index (χ4n) is 2.52. The van der Waals surface area contributed by atoms with Crippen LogP contribution in [0.5, 0.6) is 17.4 Å². The first-order chi connectivity index (χ1) is 12.8. The molecule has 0 bridgehead atoms. The summed E-state index contributed by atoms with van der Waals surface area (Å²) in [7, 11) is 0. The lowest BCUT2D eigenvalue weighted by Crippen LogP contribution is -2.02.